The summed E-state index contributed by atoms with van der Waals surface area (Å²) in [5.41, 5.74) is 0. The maximum Gasteiger partial charge on any atom is 0.472 e. The third-order valence-corrected chi connectivity index (χ3v) is 18.4. The predicted molar refractivity (Wildman–Crippen MR) is 363 cm³/mol. The monoisotopic (exact) mass is 1320 g/mol. The molecule has 0 spiro atoms. The van der Waals surface area contributed by atoms with Crippen molar-refractivity contribution in [3.63, 3.8) is 0 Å². The van der Waals surface area contributed by atoms with Crippen LogP contribution in [0.15, 0.2) is 0 Å². The van der Waals surface area contributed by atoms with Gasteiger partial charge in [-0.1, -0.05) is 317 Å². The molecule has 0 aliphatic heterocycles. The summed E-state index contributed by atoms with van der Waals surface area (Å²) in [6.45, 7) is 7.23. The molecule has 0 bridgehead atoms. The van der Waals surface area contributed by atoms with Gasteiger partial charge in [0, 0.05) is 25.7 Å². The number of aliphatic hydroxyl groups excluding tert-OH is 1. The Hall–Kier alpha value is -1.94. The van der Waals surface area contributed by atoms with Gasteiger partial charge in [-0.05, 0) is 31.6 Å². The lowest BCUT2D eigenvalue weighted by Crippen LogP contribution is -2.30. The fourth-order valence-corrected chi connectivity index (χ4v) is 12.4. The highest BCUT2D eigenvalue weighted by atomic mass is 31.2. The molecule has 0 radical (unpaired) electrons. The van der Waals surface area contributed by atoms with E-state index in [2.05, 4.69) is 34.6 Å². The molecule has 0 saturated heterocycles. The van der Waals surface area contributed by atoms with Crippen molar-refractivity contribution in [1.82, 2.24) is 0 Å². The number of hydrogen-bond acceptors (Lipinski definition) is 15. The van der Waals surface area contributed by atoms with Crippen molar-refractivity contribution in [2.75, 3.05) is 39.6 Å². The summed E-state index contributed by atoms with van der Waals surface area (Å²) in [5.74, 6) is -1.34. The van der Waals surface area contributed by atoms with E-state index in [0.717, 1.165) is 109 Å². The van der Waals surface area contributed by atoms with E-state index in [4.69, 9.17) is 37.0 Å². The fourth-order valence-electron chi connectivity index (χ4n) is 10.8. The molecule has 534 valence electrons. The second kappa shape index (κ2) is 64.4. The molecule has 5 atom stereocenters. The summed E-state index contributed by atoms with van der Waals surface area (Å²) < 4.78 is 68.2. The molecule has 2 unspecified atom stereocenters. The van der Waals surface area contributed by atoms with Gasteiger partial charge >= 0.3 is 39.5 Å². The van der Waals surface area contributed by atoms with E-state index in [9.17, 15) is 43.2 Å². The lowest BCUT2D eigenvalue weighted by molar-refractivity contribution is -0.161. The number of phosphoric acid groups is 2. The quantitative estimate of drug-likeness (QED) is 0.0222. The molecule has 0 fully saturated rings. The van der Waals surface area contributed by atoms with Crippen molar-refractivity contribution >= 4 is 39.5 Å². The van der Waals surface area contributed by atoms with Crippen LogP contribution in [-0.2, 0) is 65.4 Å². The second-order valence-electron chi connectivity index (χ2n) is 26.1. The summed E-state index contributed by atoms with van der Waals surface area (Å²) in [5, 5.41) is 10.6. The number of ether oxygens (including phenoxy) is 4. The van der Waals surface area contributed by atoms with Gasteiger partial charge in [-0.3, -0.25) is 37.3 Å². The van der Waals surface area contributed by atoms with Crippen LogP contribution in [-0.4, -0.2) is 96.7 Å². The maximum absolute atomic E-state index is 13.0. The zero-order valence-electron chi connectivity index (χ0n) is 58.3. The molecule has 0 aromatic heterocycles. The van der Waals surface area contributed by atoms with Crippen LogP contribution in [0.25, 0.3) is 0 Å². The number of rotatable bonds is 71. The van der Waals surface area contributed by atoms with Gasteiger partial charge < -0.3 is 33.8 Å². The van der Waals surface area contributed by atoms with Gasteiger partial charge in [0.25, 0.3) is 0 Å². The van der Waals surface area contributed by atoms with Gasteiger partial charge in [0.15, 0.2) is 12.2 Å². The fraction of sp³-hybridized carbons (Fsp3) is 0.944. The summed E-state index contributed by atoms with van der Waals surface area (Å²) in [6, 6.07) is 0. The molecule has 90 heavy (non-hydrogen) atoms. The molecule has 0 aliphatic carbocycles. The van der Waals surface area contributed by atoms with Gasteiger partial charge in [-0.15, -0.1) is 0 Å². The minimum Gasteiger partial charge on any atom is -0.462 e. The zero-order chi connectivity index (χ0) is 66.3. The van der Waals surface area contributed by atoms with Crippen molar-refractivity contribution in [2.24, 2.45) is 5.92 Å². The van der Waals surface area contributed by atoms with Crippen LogP contribution in [0.1, 0.15) is 369 Å². The summed E-state index contributed by atoms with van der Waals surface area (Å²) in [7, 11) is -9.89. The number of aliphatic hydroxyl groups is 1. The predicted octanol–water partition coefficient (Wildman–Crippen LogP) is 20.5. The summed E-state index contributed by atoms with van der Waals surface area (Å²) in [6.07, 6.45) is 51.4. The van der Waals surface area contributed by atoms with Crippen molar-refractivity contribution < 1.29 is 80.2 Å². The normalized spacial score (nSPS) is 14.1. The van der Waals surface area contributed by atoms with Crippen LogP contribution in [0.4, 0.5) is 0 Å². The Labute approximate surface area is 549 Å². The number of unbranched alkanes of at least 4 members (excludes halogenated alkanes) is 43. The largest absolute Gasteiger partial charge is 0.472 e. The molecule has 0 aliphatic rings. The van der Waals surface area contributed by atoms with Crippen molar-refractivity contribution in [3.05, 3.63) is 0 Å². The Morgan fingerprint density at radius 2 is 0.511 bits per heavy atom. The summed E-state index contributed by atoms with van der Waals surface area (Å²) >= 11 is 0. The zero-order valence-corrected chi connectivity index (χ0v) is 60.1. The van der Waals surface area contributed by atoms with E-state index in [-0.39, 0.29) is 25.7 Å². The van der Waals surface area contributed by atoms with E-state index in [0.29, 0.717) is 25.7 Å². The number of carbonyl (C=O) groups excluding carboxylic acids is 4. The first kappa shape index (κ1) is 88.1. The minimum atomic E-state index is -4.95. The van der Waals surface area contributed by atoms with Gasteiger partial charge in [-0.25, -0.2) is 9.13 Å². The van der Waals surface area contributed by atoms with Crippen LogP contribution in [0.2, 0.25) is 0 Å². The van der Waals surface area contributed by atoms with E-state index in [1.807, 2.05) is 0 Å². The highest BCUT2D eigenvalue weighted by Gasteiger charge is 2.30. The van der Waals surface area contributed by atoms with E-state index in [1.54, 1.807) is 0 Å². The lowest BCUT2D eigenvalue weighted by Gasteiger charge is -2.21. The topological polar surface area (TPSA) is 237 Å². The third kappa shape index (κ3) is 64.8. The molecule has 0 aromatic carbocycles. The van der Waals surface area contributed by atoms with Crippen LogP contribution < -0.4 is 0 Å². The Balaban J connectivity index is 5.20. The van der Waals surface area contributed by atoms with Gasteiger partial charge in [0.05, 0.1) is 26.4 Å². The molecule has 17 nitrogen and oxygen atoms in total. The van der Waals surface area contributed by atoms with E-state index in [1.165, 1.54) is 180 Å². The molecule has 19 heteroatoms. The molecule has 0 aromatic rings. The maximum atomic E-state index is 13.0. The molecular formula is C71H138O17P2. The molecule has 0 amide bonds. The van der Waals surface area contributed by atoms with Crippen LogP contribution in [0.3, 0.4) is 0 Å². The average Bonchev–Trinajstić information content (AvgIpc) is 3.71. The molecular weight excluding hydrogens is 1190 g/mol. The highest BCUT2D eigenvalue weighted by molar-refractivity contribution is 7.47. The smallest absolute Gasteiger partial charge is 0.462 e. The van der Waals surface area contributed by atoms with E-state index < -0.39 is 97.5 Å². The first-order valence-corrected chi connectivity index (χ1v) is 40.1. The molecule has 0 rings (SSSR count). The number of phosphoric ester groups is 2. The molecule has 0 saturated carbocycles. The number of hydrogen-bond donors (Lipinski definition) is 3. The lowest BCUT2D eigenvalue weighted by atomic mass is 10.0. The van der Waals surface area contributed by atoms with Crippen molar-refractivity contribution in [1.29, 1.82) is 0 Å². The Morgan fingerprint density at radius 3 is 0.756 bits per heavy atom. The van der Waals surface area contributed by atoms with E-state index >= 15 is 0 Å². The van der Waals surface area contributed by atoms with Crippen LogP contribution in [0.5, 0.6) is 0 Å². The average molecular weight is 1330 g/mol. The first-order chi connectivity index (χ1) is 43.5. The SMILES string of the molecule is CCCCCCCCCCCCCCCCCCC(=O)OC[C@H](COP(=O)(O)OC[C@@H](O)COP(=O)(O)OC[C@@H](COC(=O)CCCCCCCCC)OC(=O)CCCCCCCCCCCCC)OC(=O)CCCCCCCCCCCCCCCC(C)C. The third-order valence-electron chi connectivity index (χ3n) is 16.5. The molecule has 3 N–H and O–H groups in total. The standard InChI is InChI=1S/C71H138O17P2/c1-6-9-12-15-18-20-22-23-24-25-28-32-35-40-45-50-55-69(74)82-61-67(88-71(76)57-52-47-42-37-33-29-26-27-31-34-39-43-48-53-64(4)5)63-86-90(79,80)84-59-65(72)58-83-89(77,78)85-62-66(60-81-68(73)54-49-44-38-17-14-11-8-3)87-70(75)56-51-46-41-36-30-21-19-16-13-10-7-2/h64-67,72H,6-63H2,1-5H3,(H,77,78)(H,79,80)/t65-,66+,67+/m0/s1. The highest BCUT2D eigenvalue weighted by Crippen LogP contribution is 2.45. The number of esters is 4. The van der Waals surface area contributed by atoms with Crippen LogP contribution in [0, 0.1) is 5.92 Å². The molecule has 0 heterocycles. The Bertz CT molecular complexity index is 1740. The first-order valence-electron chi connectivity index (χ1n) is 37.1. The Morgan fingerprint density at radius 1 is 0.300 bits per heavy atom. The Kier molecular flexibility index (Phi) is 63.0. The van der Waals surface area contributed by atoms with Crippen LogP contribution >= 0.6 is 15.6 Å². The summed E-state index contributed by atoms with van der Waals surface area (Å²) in [4.78, 5) is 72.4. The van der Waals surface area contributed by atoms with Gasteiger partial charge in [-0.2, -0.15) is 0 Å². The van der Waals surface area contributed by atoms with Crippen molar-refractivity contribution in [2.45, 2.75) is 387 Å². The van der Waals surface area contributed by atoms with Gasteiger partial charge in [0.1, 0.15) is 19.3 Å². The second-order valence-corrected chi connectivity index (χ2v) is 29.0. The minimum absolute atomic E-state index is 0.107. The van der Waals surface area contributed by atoms with Crippen molar-refractivity contribution in [3.8, 4) is 0 Å². The van der Waals surface area contributed by atoms with Gasteiger partial charge in [0.2, 0.25) is 0 Å². The number of carbonyl (C=O) groups is 4.